The SMILES string of the molecule is CCNC(=O)CNc1ccc(C#N)c(C(F)(F)F)c1. The van der Waals surface area contributed by atoms with Gasteiger partial charge in [-0.1, -0.05) is 0 Å². The fraction of sp³-hybridized carbons (Fsp3) is 0.333. The van der Waals surface area contributed by atoms with E-state index in [9.17, 15) is 18.0 Å². The summed E-state index contributed by atoms with van der Waals surface area (Å²) >= 11 is 0. The molecule has 2 N–H and O–H groups in total. The summed E-state index contributed by atoms with van der Waals surface area (Å²) in [5.74, 6) is -0.319. The first-order valence-corrected chi connectivity index (χ1v) is 5.50. The van der Waals surface area contributed by atoms with Gasteiger partial charge in [-0.15, -0.1) is 0 Å². The number of nitriles is 1. The molecule has 4 nitrogen and oxygen atoms in total. The van der Waals surface area contributed by atoms with Crippen LogP contribution in [0, 0.1) is 11.3 Å². The lowest BCUT2D eigenvalue weighted by molar-refractivity contribution is -0.137. The summed E-state index contributed by atoms with van der Waals surface area (Å²) in [6.07, 6.45) is -4.60. The van der Waals surface area contributed by atoms with Crippen LogP contribution in [0.3, 0.4) is 0 Å². The van der Waals surface area contributed by atoms with Crippen LogP contribution in [0.15, 0.2) is 18.2 Å². The topological polar surface area (TPSA) is 64.9 Å². The van der Waals surface area contributed by atoms with Gasteiger partial charge in [-0.05, 0) is 25.1 Å². The first-order valence-electron chi connectivity index (χ1n) is 5.50. The van der Waals surface area contributed by atoms with E-state index >= 15 is 0 Å². The third kappa shape index (κ3) is 4.17. The van der Waals surface area contributed by atoms with Gasteiger partial charge in [-0.25, -0.2) is 0 Å². The fourth-order valence-corrected chi connectivity index (χ4v) is 1.43. The largest absolute Gasteiger partial charge is 0.417 e. The first-order chi connectivity index (χ1) is 8.88. The maximum atomic E-state index is 12.7. The van der Waals surface area contributed by atoms with Crippen LogP contribution in [0.4, 0.5) is 18.9 Å². The lowest BCUT2D eigenvalue weighted by Crippen LogP contribution is -2.29. The molecule has 0 aliphatic rings. The molecule has 0 aliphatic carbocycles. The highest BCUT2D eigenvalue weighted by molar-refractivity contribution is 5.80. The Morgan fingerprint density at radius 2 is 2.11 bits per heavy atom. The van der Waals surface area contributed by atoms with E-state index in [0.717, 1.165) is 12.1 Å². The number of carbonyl (C=O) groups is 1. The van der Waals surface area contributed by atoms with Crippen LogP contribution in [-0.2, 0) is 11.0 Å². The standard InChI is InChI=1S/C12H12F3N3O/c1-2-17-11(19)7-18-9-4-3-8(6-16)10(5-9)12(13,14)15/h3-5,18H,2,7H2,1H3,(H,17,19). The Bertz CT molecular complexity index is 506. The molecule has 0 radical (unpaired) electrons. The molecule has 7 heteroatoms. The zero-order valence-electron chi connectivity index (χ0n) is 10.1. The number of halogens is 3. The maximum Gasteiger partial charge on any atom is 0.417 e. The molecule has 0 aromatic heterocycles. The minimum absolute atomic E-state index is 0.128. The zero-order valence-corrected chi connectivity index (χ0v) is 10.1. The van der Waals surface area contributed by atoms with Crippen LogP contribution >= 0.6 is 0 Å². The Morgan fingerprint density at radius 3 is 2.63 bits per heavy atom. The molecule has 0 saturated carbocycles. The number of nitrogens with zero attached hydrogens (tertiary/aromatic N) is 1. The van der Waals surface area contributed by atoms with Crippen LogP contribution in [0.1, 0.15) is 18.1 Å². The van der Waals surface area contributed by atoms with Gasteiger partial charge in [0, 0.05) is 12.2 Å². The zero-order chi connectivity index (χ0) is 14.5. The average molecular weight is 271 g/mol. The van der Waals surface area contributed by atoms with E-state index in [-0.39, 0.29) is 18.1 Å². The minimum atomic E-state index is -4.60. The predicted molar refractivity (Wildman–Crippen MR) is 63.3 cm³/mol. The van der Waals surface area contributed by atoms with Gasteiger partial charge < -0.3 is 10.6 Å². The third-order valence-corrected chi connectivity index (χ3v) is 2.27. The van der Waals surface area contributed by atoms with Crippen molar-refractivity contribution in [2.24, 2.45) is 0 Å². The number of likely N-dealkylation sites (N-methyl/N-ethyl adjacent to an activating group) is 1. The molecule has 0 saturated heterocycles. The van der Waals surface area contributed by atoms with Crippen LogP contribution in [0.2, 0.25) is 0 Å². The first kappa shape index (κ1) is 14.8. The highest BCUT2D eigenvalue weighted by atomic mass is 19.4. The molecule has 0 fully saturated rings. The van der Waals surface area contributed by atoms with Gasteiger partial charge in [-0.2, -0.15) is 18.4 Å². The Labute approximate surface area is 108 Å². The van der Waals surface area contributed by atoms with Gasteiger partial charge in [0.25, 0.3) is 0 Å². The van der Waals surface area contributed by atoms with Crippen molar-refractivity contribution in [1.29, 1.82) is 5.26 Å². The molecule has 0 bridgehead atoms. The summed E-state index contributed by atoms with van der Waals surface area (Å²) < 4.78 is 38.0. The van der Waals surface area contributed by atoms with Gasteiger partial charge in [0.05, 0.1) is 23.7 Å². The van der Waals surface area contributed by atoms with E-state index in [1.54, 1.807) is 6.92 Å². The number of hydrogen-bond acceptors (Lipinski definition) is 3. The number of rotatable bonds is 4. The van der Waals surface area contributed by atoms with E-state index in [1.807, 2.05) is 0 Å². The molecule has 0 unspecified atom stereocenters. The smallest absolute Gasteiger partial charge is 0.376 e. The van der Waals surface area contributed by atoms with Gasteiger partial charge in [-0.3, -0.25) is 4.79 Å². The van der Waals surface area contributed by atoms with E-state index in [1.165, 1.54) is 12.1 Å². The summed E-state index contributed by atoms with van der Waals surface area (Å²) in [6, 6.07) is 4.70. The van der Waals surface area contributed by atoms with E-state index < -0.39 is 17.3 Å². The molecule has 0 spiro atoms. The summed E-state index contributed by atoms with van der Waals surface area (Å²) in [5.41, 5.74) is -1.33. The summed E-state index contributed by atoms with van der Waals surface area (Å²) in [4.78, 5) is 11.2. The van der Waals surface area contributed by atoms with Crippen molar-refractivity contribution in [2.45, 2.75) is 13.1 Å². The van der Waals surface area contributed by atoms with E-state index in [0.29, 0.717) is 6.54 Å². The van der Waals surface area contributed by atoms with Crippen LogP contribution < -0.4 is 10.6 Å². The molecule has 102 valence electrons. The van der Waals surface area contributed by atoms with Crippen molar-refractivity contribution in [1.82, 2.24) is 5.32 Å². The molecule has 1 rings (SSSR count). The number of nitrogens with one attached hydrogen (secondary N) is 2. The lowest BCUT2D eigenvalue weighted by Gasteiger charge is -2.12. The Morgan fingerprint density at radius 1 is 1.42 bits per heavy atom. The molecule has 0 aliphatic heterocycles. The summed E-state index contributed by atoms with van der Waals surface area (Å²) in [6.45, 7) is 2.06. The fourth-order valence-electron chi connectivity index (χ4n) is 1.43. The van der Waals surface area contributed by atoms with Crippen LogP contribution in [0.25, 0.3) is 0 Å². The maximum absolute atomic E-state index is 12.7. The van der Waals surface area contributed by atoms with Crippen molar-refractivity contribution >= 4 is 11.6 Å². The molecule has 1 aromatic rings. The molecular formula is C12H12F3N3O. The van der Waals surface area contributed by atoms with Crippen molar-refractivity contribution in [3.8, 4) is 6.07 Å². The van der Waals surface area contributed by atoms with Crippen LogP contribution in [-0.4, -0.2) is 19.0 Å². The number of benzene rings is 1. The number of alkyl halides is 3. The number of carbonyl (C=O) groups excluding carboxylic acids is 1. The van der Waals surface area contributed by atoms with Gasteiger partial charge in [0.15, 0.2) is 0 Å². The second-order valence-corrected chi connectivity index (χ2v) is 3.68. The van der Waals surface area contributed by atoms with E-state index in [2.05, 4.69) is 10.6 Å². The van der Waals surface area contributed by atoms with Crippen molar-refractivity contribution in [3.63, 3.8) is 0 Å². The van der Waals surface area contributed by atoms with Crippen molar-refractivity contribution in [2.75, 3.05) is 18.4 Å². The highest BCUT2D eigenvalue weighted by Crippen LogP contribution is 2.33. The van der Waals surface area contributed by atoms with E-state index in [4.69, 9.17) is 5.26 Å². The highest BCUT2D eigenvalue weighted by Gasteiger charge is 2.33. The number of amides is 1. The average Bonchev–Trinajstić information content (AvgIpc) is 2.35. The van der Waals surface area contributed by atoms with Gasteiger partial charge in [0.1, 0.15) is 0 Å². The molecular weight excluding hydrogens is 259 g/mol. The molecule has 1 aromatic carbocycles. The molecule has 1 amide bonds. The number of anilines is 1. The summed E-state index contributed by atoms with van der Waals surface area (Å²) in [7, 11) is 0. The minimum Gasteiger partial charge on any atom is -0.376 e. The van der Waals surface area contributed by atoms with Gasteiger partial charge in [0.2, 0.25) is 5.91 Å². The Balaban J connectivity index is 2.88. The monoisotopic (exact) mass is 271 g/mol. The molecule has 0 heterocycles. The predicted octanol–water partition coefficient (Wildman–Crippen LogP) is 2.13. The number of hydrogen-bond donors (Lipinski definition) is 2. The second kappa shape index (κ2) is 6.09. The van der Waals surface area contributed by atoms with Crippen molar-refractivity contribution < 1.29 is 18.0 Å². The van der Waals surface area contributed by atoms with Crippen LogP contribution in [0.5, 0.6) is 0 Å². The Hall–Kier alpha value is -2.23. The molecule has 19 heavy (non-hydrogen) atoms. The summed E-state index contributed by atoms with van der Waals surface area (Å²) in [5, 5.41) is 13.7. The molecule has 0 atom stereocenters. The Kier molecular flexibility index (Phi) is 4.75. The normalized spacial score (nSPS) is 10.7. The quantitative estimate of drug-likeness (QED) is 0.881. The van der Waals surface area contributed by atoms with Crippen molar-refractivity contribution in [3.05, 3.63) is 29.3 Å². The van der Waals surface area contributed by atoms with Gasteiger partial charge >= 0.3 is 6.18 Å². The third-order valence-electron chi connectivity index (χ3n) is 2.27. The second-order valence-electron chi connectivity index (χ2n) is 3.68. The lowest BCUT2D eigenvalue weighted by atomic mass is 10.1.